The normalized spacial score (nSPS) is 14.7. The van der Waals surface area contributed by atoms with E-state index in [0.717, 1.165) is 0 Å². The highest BCUT2D eigenvalue weighted by Gasteiger charge is 2.36. The predicted octanol–water partition coefficient (Wildman–Crippen LogP) is 14.2. The van der Waals surface area contributed by atoms with Gasteiger partial charge in [0.2, 0.25) is 0 Å². The Morgan fingerprint density at radius 3 is 1.20 bits per heavy atom. The number of aromatic nitrogens is 2. The number of rotatable bonds is 3. The Bertz CT molecular complexity index is 3100. The Morgan fingerprint density at radius 1 is 0.304 bits per heavy atom. The van der Waals surface area contributed by atoms with E-state index in [-0.39, 0.29) is 10.8 Å². The quantitative estimate of drug-likeness (QED) is 0.172. The van der Waals surface area contributed by atoms with E-state index in [4.69, 9.17) is 0 Å². The van der Waals surface area contributed by atoms with Gasteiger partial charge >= 0.3 is 0 Å². The van der Waals surface area contributed by atoms with E-state index in [1.165, 1.54) is 111 Å². The molecule has 2 aliphatic heterocycles. The van der Waals surface area contributed by atoms with Crippen LogP contribution in [0.3, 0.4) is 0 Å². The summed E-state index contributed by atoms with van der Waals surface area (Å²) in [7, 11) is 0. The Kier molecular flexibility index (Phi) is 6.22. The van der Waals surface area contributed by atoms with Crippen LogP contribution in [0.2, 0.25) is 0 Å². The monoisotopic (exact) mass is 716 g/mol. The van der Waals surface area contributed by atoms with Crippen LogP contribution in [0.1, 0.15) is 49.9 Å². The average molecular weight is 717 g/mol. The van der Waals surface area contributed by atoms with Gasteiger partial charge in [0, 0.05) is 32.4 Å². The van der Waals surface area contributed by atoms with Crippen LogP contribution in [0.5, 0.6) is 0 Å². The van der Waals surface area contributed by atoms with Gasteiger partial charge < -0.3 is 9.13 Å². The highest BCUT2D eigenvalue weighted by molar-refractivity contribution is 6.14. The molecule has 12 rings (SSSR count). The van der Waals surface area contributed by atoms with Crippen molar-refractivity contribution in [1.82, 2.24) is 9.13 Å². The first kappa shape index (κ1) is 31.7. The molecule has 56 heavy (non-hydrogen) atoms. The van der Waals surface area contributed by atoms with Crippen LogP contribution in [0.4, 0.5) is 0 Å². The van der Waals surface area contributed by atoms with E-state index >= 15 is 0 Å². The summed E-state index contributed by atoms with van der Waals surface area (Å²) in [4.78, 5) is 0. The molecule has 0 bridgehead atoms. The molecule has 266 valence electrons. The Hall–Kier alpha value is -6.64. The van der Waals surface area contributed by atoms with Crippen molar-refractivity contribution in [2.45, 2.75) is 38.5 Å². The molecule has 2 nitrogen and oxygen atoms in total. The summed E-state index contributed by atoms with van der Waals surface area (Å²) in [6.45, 7) is 9.46. The largest absolute Gasteiger partial charge is 0.309 e. The van der Waals surface area contributed by atoms with E-state index in [1.807, 2.05) is 0 Å². The van der Waals surface area contributed by atoms with Crippen LogP contribution in [-0.4, -0.2) is 9.13 Å². The van der Waals surface area contributed by atoms with Crippen LogP contribution < -0.4 is 0 Å². The fourth-order valence-electron chi connectivity index (χ4n) is 10.4. The molecule has 10 aromatic rings. The molecule has 4 heterocycles. The zero-order valence-corrected chi connectivity index (χ0v) is 32.1. The minimum Gasteiger partial charge on any atom is -0.309 e. The minimum atomic E-state index is -0.0888. The van der Waals surface area contributed by atoms with Gasteiger partial charge in [-0.3, -0.25) is 0 Å². The zero-order chi connectivity index (χ0) is 37.5. The van der Waals surface area contributed by atoms with Crippen LogP contribution in [0, 0.1) is 0 Å². The lowest BCUT2D eigenvalue weighted by molar-refractivity contribution is 0.630. The first-order valence-electron chi connectivity index (χ1n) is 19.9. The second-order valence-corrected chi connectivity index (χ2v) is 17.0. The van der Waals surface area contributed by atoms with Gasteiger partial charge in [0.25, 0.3) is 0 Å². The molecular weight excluding hydrogens is 677 g/mol. The van der Waals surface area contributed by atoms with Crippen molar-refractivity contribution >= 4 is 43.6 Å². The number of nitrogens with zero attached hydrogens (tertiary/aromatic N) is 2. The SMILES string of the molecule is CC1(C)c2ccccc2-n2c3ccc(-c4cc(-c5ccccc5)cc(-c5ccc6c(c5)c5cccc7c5n6-c5ccccc5C7(C)C)c4)cc3c3cccc1c32. The topological polar surface area (TPSA) is 9.86 Å². The fraction of sp³-hybridized carbons (Fsp3) is 0.111. The first-order valence-corrected chi connectivity index (χ1v) is 19.9. The van der Waals surface area contributed by atoms with Gasteiger partial charge in [-0.2, -0.15) is 0 Å². The molecule has 0 radical (unpaired) electrons. The van der Waals surface area contributed by atoms with Crippen molar-refractivity contribution in [1.29, 1.82) is 0 Å². The van der Waals surface area contributed by atoms with E-state index < -0.39 is 0 Å². The van der Waals surface area contributed by atoms with Gasteiger partial charge in [0.1, 0.15) is 0 Å². The predicted molar refractivity (Wildman–Crippen MR) is 236 cm³/mol. The molecule has 0 aliphatic carbocycles. The standard InChI is InChI=1S/C54H40N2/c1-53(2)43-18-8-10-22-49(43)55-47-26-24-34(31-41(47)39-16-12-20-45(53)51(39)55)37-28-36(33-14-6-5-7-15-33)29-38(30-37)35-25-27-48-42(32-35)40-17-13-21-46-52(40)56(48)50-23-11-9-19-44(50)54(46,3)4/h5-32H,1-4H3. The molecule has 0 saturated heterocycles. The second kappa shape index (κ2) is 11.0. The van der Waals surface area contributed by atoms with E-state index in [0.29, 0.717) is 0 Å². The van der Waals surface area contributed by atoms with E-state index in [1.54, 1.807) is 0 Å². The summed E-state index contributed by atoms with van der Waals surface area (Å²) in [6.07, 6.45) is 0. The molecule has 8 aromatic carbocycles. The molecule has 2 aliphatic rings. The smallest absolute Gasteiger partial charge is 0.0582 e. The molecule has 2 heteroatoms. The number of hydrogen-bond acceptors (Lipinski definition) is 0. The lowest BCUT2D eigenvalue weighted by Gasteiger charge is -2.34. The number of hydrogen-bond donors (Lipinski definition) is 0. The molecule has 0 saturated carbocycles. The molecule has 0 N–H and O–H groups in total. The van der Waals surface area contributed by atoms with Crippen molar-refractivity contribution in [3.8, 4) is 44.8 Å². The Morgan fingerprint density at radius 2 is 0.714 bits per heavy atom. The van der Waals surface area contributed by atoms with Crippen molar-refractivity contribution in [2.24, 2.45) is 0 Å². The summed E-state index contributed by atoms with van der Waals surface area (Å²) in [5, 5.41) is 5.20. The molecular formula is C54H40N2. The van der Waals surface area contributed by atoms with Crippen molar-refractivity contribution in [3.63, 3.8) is 0 Å². The maximum absolute atomic E-state index is 2.50. The molecule has 2 aromatic heterocycles. The third-order valence-electron chi connectivity index (χ3n) is 13.3. The van der Waals surface area contributed by atoms with Gasteiger partial charge in [0.15, 0.2) is 0 Å². The summed E-state index contributed by atoms with van der Waals surface area (Å²) in [5.74, 6) is 0. The first-order chi connectivity index (χ1) is 27.3. The van der Waals surface area contributed by atoms with Gasteiger partial charge in [-0.1, -0.05) is 143 Å². The van der Waals surface area contributed by atoms with E-state index in [9.17, 15) is 0 Å². The lowest BCUT2D eigenvalue weighted by Crippen LogP contribution is -2.26. The summed E-state index contributed by atoms with van der Waals surface area (Å²) in [6, 6.07) is 63.8. The number of fused-ring (bicyclic) bond motifs is 10. The molecule has 0 spiro atoms. The summed E-state index contributed by atoms with van der Waals surface area (Å²) < 4.78 is 5.01. The maximum atomic E-state index is 2.50. The molecule has 0 amide bonds. The van der Waals surface area contributed by atoms with Crippen LogP contribution in [0.15, 0.2) is 170 Å². The van der Waals surface area contributed by atoms with Crippen molar-refractivity contribution in [3.05, 3.63) is 192 Å². The highest BCUT2D eigenvalue weighted by Crippen LogP contribution is 2.50. The number of benzene rings is 8. The average Bonchev–Trinajstić information content (AvgIpc) is 3.75. The maximum Gasteiger partial charge on any atom is 0.0582 e. The third kappa shape index (κ3) is 4.11. The second-order valence-electron chi connectivity index (χ2n) is 17.0. The molecule has 0 unspecified atom stereocenters. The molecule has 0 fully saturated rings. The van der Waals surface area contributed by atoms with Crippen LogP contribution in [0.25, 0.3) is 88.4 Å². The third-order valence-corrected chi connectivity index (χ3v) is 13.3. The van der Waals surface area contributed by atoms with Crippen LogP contribution in [-0.2, 0) is 10.8 Å². The van der Waals surface area contributed by atoms with Crippen molar-refractivity contribution in [2.75, 3.05) is 0 Å². The summed E-state index contributed by atoms with van der Waals surface area (Å²) >= 11 is 0. The van der Waals surface area contributed by atoms with Gasteiger partial charge in [-0.05, 0) is 110 Å². The van der Waals surface area contributed by atoms with Gasteiger partial charge in [-0.15, -0.1) is 0 Å². The van der Waals surface area contributed by atoms with Crippen LogP contribution >= 0.6 is 0 Å². The Balaban J connectivity index is 1.08. The van der Waals surface area contributed by atoms with Crippen molar-refractivity contribution < 1.29 is 0 Å². The summed E-state index contributed by atoms with van der Waals surface area (Å²) in [5.41, 5.74) is 20.4. The zero-order valence-electron chi connectivity index (χ0n) is 32.1. The minimum absolute atomic E-state index is 0.0888. The Labute approximate surface area is 326 Å². The molecule has 0 atom stereocenters. The van der Waals surface area contributed by atoms with E-state index in [2.05, 4.69) is 207 Å². The lowest BCUT2D eigenvalue weighted by atomic mass is 9.75. The fourth-order valence-corrected chi connectivity index (χ4v) is 10.4. The highest BCUT2D eigenvalue weighted by atomic mass is 15.0. The number of para-hydroxylation sites is 4. The van der Waals surface area contributed by atoms with Gasteiger partial charge in [-0.25, -0.2) is 0 Å². The van der Waals surface area contributed by atoms with Gasteiger partial charge in [0.05, 0.1) is 33.4 Å².